The van der Waals surface area contributed by atoms with E-state index < -0.39 is 0 Å². The number of carbonyl (C=O) groups excluding carboxylic acids is 1. The summed E-state index contributed by atoms with van der Waals surface area (Å²) in [5.74, 6) is -0.226. The van der Waals surface area contributed by atoms with E-state index in [1.165, 1.54) is 5.56 Å². The van der Waals surface area contributed by atoms with Gasteiger partial charge in [0.05, 0.1) is 12.5 Å². The zero-order valence-electron chi connectivity index (χ0n) is 10.0. The third kappa shape index (κ3) is 4.45. The molecule has 0 aliphatic rings. The Balaban J connectivity index is 2.37. The zero-order valence-corrected chi connectivity index (χ0v) is 10.0. The van der Waals surface area contributed by atoms with E-state index in [-0.39, 0.29) is 12.1 Å². The molecule has 1 atom stereocenters. The highest BCUT2D eigenvalue weighted by Gasteiger charge is 2.09. The van der Waals surface area contributed by atoms with Crippen molar-refractivity contribution in [2.24, 2.45) is 0 Å². The Morgan fingerprint density at radius 3 is 2.81 bits per heavy atom. The molecule has 16 heavy (non-hydrogen) atoms. The predicted molar refractivity (Wildman–Crippen MR) is 62.1 cm³/mol. The lowest BCUT2D eigenvalue weighted by Crippen LogP contribution is -2.14. The van der Waals surface area contributed by atoms with E-state index in [9.17, 15) is 4.79 Å². The van der Waals surface area contributed by atoms with E-state index in [0.717, 1.165) is 5.56 Å². The first kappa shape index (κ1) is 12.7. The van der Waals surface area contributed by atoms with Gasteiger partial charge in [-0.05, 0) is 19.4 Å². The number of hydrogen-bond acceptors (Lipinski definition) is 3. The Kier molecular flexibility index (Phi) is 4.99. The van der Waals surface area contributed by atoms with Gasteiger partial charge in [0.2, 0.25) is 0 Å². The molecule has 88 valence electrons. The van der Waals surface area contributed by atoms with Gasteiger partial charge >= 0.3 is 5.97 Å². The second-order valence-corrected chi connectivity index (χ2v) is 3.90. The fourth-order valence-electron chi connectivity index (χ4n) is 1.34. The van der Waals surface area contributed by atoms with E-state index in [0.29, 0.717) is 13.0 Å². The van der Waals surface area contributed by atoms with Gasteiger partial charge in [-0.3, -0.25) is 4.79 Å². The van der Waals surface area contributed by atoms with Crippen molar-refractivity contribution in [1.82, 2.24) is 0 Å². The lowest BCUT2D eigenvalue weighted by Gasteiger charge is -2.09. The maximum Gasteiger partial charge on any atom is 0.308 e. The lowest BCUT2D eigenvalue weighted by atomic mass is 10.1. The van der Waals surface area contributed by atoms with Crippen molar-refractivity contribution >= 4 is 5.97 Å². The molecule has 0 fully saturated rings. The van der Waals surface area contributed by atoms with E-state index in [1.807, 2.05) is 38.1 Å². The van der Waals surface area contributed by atoms with Gasteiger partial charge in [-0.1, -0.05) is 29.8 Å². The number of methoxy groups -OCH3 is 1. The molecule has 3 nitrogen and oxygen atoms in total. The first-order valence-electron chi connectivity index (χ1n) is 5.35. The highest BCUT2D eigenvalue weighted by molar-refractivity contribution is 5.69. The summed E-state index contributed by atoms with van der Waals surface area (Å²) in [6, 6.07) is 7.92. The molecule has 0 radical (unpaired) electrons. The second-order valence-electron chi connectivity index (χ2n) is 3.90. The minimum atomic E-state index is -0.226. The molecule has 1 aromatic rings. The molecule has 0 aromatic heterocycles. The number of aryl methyl sites for hydroxylation is 1. The number of carbonyl (C=O) groups is 1. The van der Waals surface area contributed by atoms with Crippen molar-refractivity contribution in [3.63, 3.8) is 0 Å². The SMILES string of the molecule is COC(C)CC(=O)OCc1cccc(C)c1. The predicted octanol–water partition coefficient (Wildman–Crippen LogP) is 2.46. The van der Waals surface area contributed by atoms with Crippen LogP contribution in [-0.4, -0.2) is 19.2 Å². The largest absolute Gasteiger partial charge is 0.461 e. The molecule has 0 bridgehead atoms. The quantitative estimate of drug-likeness (QED) is 0.718. The van der Waals surface area contributed by atoms with Crippen LogP contribution >= 0.6 is 0 Å². The summed E-state index contributed by atoms with van der Waals surface area (Å²) >= 11 is 0. The lowest BCUT2D eigenvalue weighted by molar-refractivity contribution is -0.147. The Morgan fingerprint density at radius 1 is 1.44 bits per heavy atom. The third-order valence-corrected chi connectivity index (χ3v) is 2.34. The van der Waals surface area contributed by atoms with Crippen LogP contribution in [0.1, 0.15) is 24.5 Å². The second kappa shape index (κ2) is 6.28. The molecule has 0 aliphatic heterocycles. The summed E-state index contributed by atoms with van der Waals surface area (Å²) in [4.78, 5) is 11.4. The van der Waals surface area contributed by atoms with Crippen LogP contribution in [0, 0.1) is 6.92 Å². The van der Waals surface area contributed by atoms with Crippen LogP contribution in [0.4, 0.5) is 0 Å². The Bertz CT molecular complexity index is 347. The van der Waals surface area contributed by atoms with Crippen molar-refractivity contribution in [3.8, 4) is 0 Å². The van der Waals surface area contributed by atoms with Crippen molar-refractivity contribution < 1.29 is 14.3 Å². The standard InChI is InChI=1S/C13H18O3/c1-10-5-4-6-12(7-10)9-16-13(14)8-11(2)15-3/h4-7,11H,8-9H2,1-3H3. The summed E-state index contributed by atoms with van der Waals surface area (Å²) in [5.41, 5.74) is 2.18. The van der Waals surface area contributed by atoms with Crippen LogP contribution < -0.4 is 0 Å². The normalized spacial score (nSPS) is 12.2. The maximum atomic E-state index is 11.4. The van der Waals surface area contributed by atoms with Gasteiger partial charge in [0.25, 0.3) is 0 Å². The van der Waals surface area contributed by atoms with Crippen LogP contribution in [0.3, 0.4) is 0 Å². The summed E-state index contributed by atoms with van der Waals surface area (Å²) in [6.07, 6.45) is 0.201. The average molecular weight is 222 g/mol. The minimum Gasteiger partial charge on any atom is -0.461 e. The topological polar surface area (TPSA) is 35.5 Å². The summed E-state index contributed by atoms with van der Waals surface area (Å²) in [5, 5.41) is 0. The third-order valence-electron chi connectivity index (χ3n) is 2.34. The Morgan fingerprint density at radius 2 is 2.19 bits per heavy atom. The molecule has 0 amide bonds. The summed E-state index contributed by atoms with van der Waals surface area (Å²) in [6.45, 7) is 4.18. The van der Waals surface area contributed by atoms with Gasteiger partial charge in [-0.25, -0.2) is 0 Å². The molecule has 0 aliphatic carbocycles. The van der Waals surface area contributed by atoms with Gasteiger partial charge in [-0.15, -0.1) is 0 Å². The molecule has 1 unspecified atom stereocenters. The van der Waals surface area contributed by atoms with Crippen LogP contribution in [0.5, 0.6) is 0 Å². The molecule has 0 N–H and O–H groups in total. The highest BCUT2D eigenvalue weighted by Crippen LogP contribution is 2.06. The van der Waals surface area contributed by atoms with Gasteiger partial charge < -0.3 is 9.47 Å². The molecule has 0 saturated heterocycles. The molecule has 1 aromatic carbocycles. The molecule has 3 heteroatoms. The van der Waals surface area contributed by atoms with Crippen LogP contribution in [0.2, 0.25) is 0 Å². The number of rotatable bonds is 5. The van der Waals surface area contributed by atoms with Crippen LogP contribution in [0.15, 0.2) is 24.3 Å². The summed E-state index contributed by atoms with van der Waals surface area (Å²) in [7, 11) is 1.58. The summed E-state index contributed by atoms with van der Waals surface area (Å²) < 4.78 is 10.1. The van der Waals surface area contributed by atoms with Gasteiger partial charge in [0.15, 0.2) is 0 Å². The fraction of sp³-hybridized carbons (Fsp3) is 0.462. The van der Waals surface area contributed by atoms with E-state index in [1.54, 1.807) is 7.11 Å². The van der Waals surface area contributed by atoms with Gasteiger partial charge in [-0.2, -0.15) is 0 Å². The van der Waals surface area contributed by atoms with Crippen molar-refractivity contribution in [1.29, 1.82) is 0 Å². The number of esters is 1. The zero-order chi connectivity index (χ0) is 12.0. The van der Waals surface area contributed by atoms with Crippen molar-refractivity contribution in [3.05, 3.63) is 35.4 Å². The number of hydrogen-bond donors (Lipinski definition) is 0. The number of ether oxygens (including phenoxy) is 2. The molecular weight excluding hydrogens is 204 g/mol. The number of benzene rings is 1. The molecule has 0 spiro atoms. The minimum absolute atomic E-state index is 0.0926. The van der Waals surface area contributed by atoms with Crippen molar-refractivity contribution in [2.75, 3.05) is 7.11 Å². The Labute approximate surface area is 96.4 Å². The van der Waals surface area contributed by atoms with E-state index in [4.69, 9.17) is 9.47 Å². The Hall–Kier alpha value is -1.35. The average Bonchev–Trinajstić information content (AvgIpc) is 2.26. The smallest absolute Gasteiger partial charge is 0.308 e. The first-order chi connectivity index (χ1) is 7.61. The van der Waals surface area contributed by atoms with Gasteiger partial charge in [0.1, 0.15) is 6.61 Å². The molecule has 0 saturated carbocycles. The van der Waals surface area contributed by atoms with Crippen molar-refractivity contribution in [2.45, 2.75) is 33.0 Å². The first-order valence-corrected chi connectivity index (χ1v) is 5.35. The monoisotopic (exact) mass is 222 g/mol. The van der Waals surface area contributed by atoms with E-state index in [2.05, 4.69) is 0 Å². The fourth-order valence-corrected chi connectivity index (χ4v) is 1.34. The molecular formula is C13H18O3. The van der Waals surface area contributed by atoms with E-state index >= 15 is 0 Å². The van der Waals surface area contributed by atoms with Crippen LogP contribution in [0.25, 0.3) is 0 Å². The van der Waals surface area contributed by atoms with Gasteiger partial charge in [0, 0.05) is 7.11 Å². The highest BCUT2D eigenvalue weighted by atomic mass is 16.5. The van der Waals surface area contributed by atoms with Crippen LogP contribution in [-0.2, 0) is 20.9 Å². The maximum absolute atomic E-state index is 11.4. The molecule has 1 rings (SSSR count). The molecule has 0 heterocycles.